The average molecular weight is 796 g/mol. The van der Waals surface area contributed by atoms with Crippen molar-refractivity contribution in [3.8, 4) is 0 Å². The number of rotatable bonds is 36. The van der Waals surface area contributed by atoms with Gasteiger partial charge >= 0.3 is 69.5 Å². The molecule has 0 saturated carbocycles. The van der Waals surface area contributed by atoms with Crippen molar-refractivity contribution in [2.24, 2.45) is 0 Å². The van der Waals surface area contributed by atoms with Crippen LogP contribution in [0, 0.1) is 0 Å². The number of carbonyl (C=O) groups is 2. The second-order valence-corrected chi connectivity index (χ2v) is 18.2. The van der Waals surface area contributed by atoms with Crippen molar-refractivity contribution in [1.29, 1.82) is 0 Å². The Morgan fingerprint density at radius 2 is 0.612 bits per heavy atom. The Kier molecular flexibility index (Phi) is 55.4. The molecule has 0 spiro atoms. The van der Waals surface area contributed by atoms with Gasteiger partial charge in [-0.05, 0) is 77.0 Å². The van der Waals surface area contributed by atoms with Gasteiger partial charge in [0.25, 0.3) is 0 Å². The number of carboxylic acid groups (broad SMARTS) is 2. The predicted octanol–water partition coefficient (Wildman–Crippen LogP) is 12.7. The Morgan fingerprint density at radius 1 is 0.367 bits per heavy atom. The maximum atomic E-state index is 10.2. The van der Waals surface area contributed by atoms with Crippen LogP contribution in [0.25, 0.3) is 0 Å². The molecule has 49 heavy (non-hydrogen) atoms. The summed E-state index contributed by atoms with van der Waals surface area (Å²) in [7, 11) is 0. The first kappa shape index (κ1) is 52.6. The summed E-state index contributed by atoms with van der Waals surface area (Å²) in [5.74, 6) is -1.83. The third kappa shape index (κ3) is 62.8. The van der Waals surface area contributed by atoms with Gasteiger partial charge in [0.1, 0.15) is 0 Å². The molecule has 0 N–H and O–H groups in total. The van der Waals surface area contributed by atoms with Crippen LogP contribution in [-0.4, -0.2) is 33.1 Å². The Bertz CT molecular complexity index is 620. The van der Waals surface area contributed by atoms with Gasteiger partial charge in [-0.25, -0.2) is 0 Å². The number of unbranched alkanes of at least 4 members (excludes halogenated alkanes) is 24. The van der Waals surface area contributed by atoms with Gasteiger partial charge in [-0.15, -0.1) is 0 Å². The summed E-state index contributed by atoms with van der Waals surface area (Å²) in [6.07, 6.45) is 47.6. The first-order chi connectivity index (χ1) is 24.0. The molecule has 0 aliphatic carbocycles. The van der Waals surface area contributed by atoms with Gasteiger partial charge in [-0.1, -0.05) is 141 Å². The molecular formula is C44H84O4Sn. The van der Waals surface area contributed by atoms with Crippen LogP contribution in [0.1, 0.15) is 233 Å². The van der Waals surface area contributed by atoms with Crippen molar-refractivity contribution in [2.75, 3.05) is 0 Å². The zero-order valence-electron chi connectivity index (χ0n) is 33.5. The molecule has 0 aliphatic rings. The molecule has 0 aromatic rings. The molecule has 0 amide bonds. The summed E-state index contributed by atoms with van der Waals surface area (Å²) >= 11 is 0.149. The third-order valence-electron chi connectivity index (χ3n) is 8.70. The van der Waals surface area contributed by atoms with Crippen molar-refractivity contribution in [3.63, 3.8) is 0 Å². The van der Waals surface area contributed by atoms with Crippen LogP contribution >= 0.6 is 0 Å². The molecule has 0 aromatic heterocycles. The first-order valence-corrected chi connectivity index (χ1v) is 25.4. The van der Waals surface area contributed by atoms with Crippen LogP contribution in [0.4, 0.5) is 0 Å². The monoisotopic (exact) mass is 797 g/mol. The Morgan fingerprint density at radius 3 is 0.878 bits per heavy atom. The fourth-order valence-corrected chi connectivity index (χ4v) is 9.57. The van der Waals surface area contributed by atoms with E-state index in [4.69, 9.17) is 0 Å². The number of carbonyl (C=O) groups excluding carboxylic acids is 2. The standard InChI is InChI=1S/2C18H34O2.2C4H9.Sn/c2*1-2-3-4-5-6-7-8-9-10-11-12-13-14-15-16-17-18(19)20;2*1-3-4-2;/h2*9-10H,2-8,11-17H2,1H3,(H,19,20);2*1,3-4H2,2H3;/q;;;;+2/p-2. The van der Waals surface area contributed by atoms with E-state index in [-0.39, 0.29) is 34.0 Å². The summed E-state index contributed by atoms with van der Waals surface area (Å²) < 4.78 is 3.25. The Hall–Kier alpha value is -0.781. The molecule has 0 saturated heterocycles. The van der Waals surface area contributed by atoms with Gasteiger partial charge in [0.05, 0.1) is 0 Å². The van der Waals surface area contributed by atoms with Crippen LogP contribution in [0.2, 0.25) is 8.87 Å². The van der Waals surface area contributed by atoms with Crippen molar-refractivity contribution >= 4 is 33.1 Å². The minimum atomic E-state index is -0.914. The van der Waals surface area contributed by atoms with Gasteiger partial charge < -0.3 is 19.8 Å². The Balaban J connectivity index is -0.000000695. The van der Waals surface area contributed by atoms with Crippen molar-refractivity contribution < 1.29 is 19.8 Å². The summed E-state index contributed by atoms with van der Waals surface area (Å²) in [6, 6.07) is 0. The SMILES string of the molecule is CCCCCCCCC=CCCCCCCCC(=O)[O-].CCCCCCCCC=CCCCCCCCC(=O)[O-].CCC[CH2][Sn+2][CH2]CCC. The second kappa shape index (κ2) is 51.6. The molecule has 0 fully saturated rings. The van der Waals surface area contributed by atoms with E-state index in [1.165, 1.54) is 154 Å². The van der Waals surface area contributed by atoms with Crippen LogP contribution in [0.3, 0.4) is 0 Å². The number of allylic oxidation sites excluding steroid dienone is 4. The van der Waals surface area contributed by atoms with E-state index < -0.39 is 11.9 Å². The normalized spacial score (nSPS) is 10.9. The molecule has 0 aliphatic heterocycles. The van der Waals surface area contributed by atoms with Gasteiger partial charge in [-0.3, -0.25) is 0 Å². The topological polar surface area (TPSA) is 80.3 Å². The second-order valence-electron chi connectivity index (χ2n) is 13.9. The number of carboxylic acids is 2. The average Bonchev–Trinajstić information content (AvgIpc) is 3.08. The van der Waals surface area contributed by atoms with E-state index in [9.17, 15) is 19.8 Å². The van der Waals surface area contributed by atoms with E-state index in [1.54, 1.807) is 8.87 Å². The van der Waals surface area contributed by atoms with Crippen LogP contribution < -0.4 is 10.2 Å². The van der Waals surface area contributed by atoms with Crippen LogP contribution in [-0.2, 0) is 9.59 Å². The van der Waals surface area contributed by atoms with Gasteiger partial charge in [0.2, 0.25) is 0 Å². The molecule has 0 unspecified atom stereocenters. The molecule has 0 radical (unpaired) electrons. The molecule has 0 heterocycles. The molecular weight excluding hydrogens is 711 g/mol. The zero-order valence-corrected chi connectivity index (χ0v) is 36.3. The minimum absolute atomic E-state index is 0.149. The molecule has 0 aromatic carbocycles. The van der Waals surface area contributed by atoms with Crippen molar-refractivity contribution in [1.82, 2.24) is 0 Å². The maximum absolute atomic E-state index is 10.2. The van der Waals surface area contributed by atoms with E-state index >= 15 is 0 Å². The third-order valence-corrected chi connectivity index (χ3v) is 12.7. The molecule has 0 atom stereocenters. The Labute approximate surface area is 317 Å². The zero-order chi connectivity index (χ0) is 36.7. The van der Waals surface area contributed by atoms with Gasteiger partial charge in [0.15, 0.2) is 0 Å². The van der Waals surface area contributed by atoms with Gasteiger partial charge in [-0.2, -0.15) is 0 Å². The van der Waals surface area contributed by atoms with E-state index in [0.29, 0.717) is 0 Å². The van der Waals surface area contributed by atoms with Gasteiger partial charge in [0, 0.05) is 11.9 Å². The van der Waals surface area contributed by atoms with Crippen LogP contribution in [0.15, 0.2) is 24.3 Å². The fraction of sp³-hybridized carbons (Fsp3) is 0.864. The number of hydrogen-bond donors (Lipinski definition) is 0. The number of hydrogen-bond acceptors (Lipinski definition) is 4. The molecule has 0 bridgehead atoms. The predicted molar refractivity (Wildman–Crippen MR) is 214 cm³/mol. The molecule has 4 nitrogen and oxygen atoms in total. The van der Waals surface area contributed by atoms with E-state index in [2.05, 4.69) is 52.0 Å². The van der Waals surface area contributed by atoms with Crippen molar-refractivity contribution in [3.05, 3.63) is 24.3 Å². The fourth-order valence-electron chi connectivity index (χ4n) is 5.41. The number of aliphatic carboxylic acids is 2. The van der Waals surface area contributed by atoms with E-state index in [1.807, 2.05) is 0 Å². The van der Waals surface area contributed by atoms with E-state index in [0.717, 1.165) is 38.5 Å². The van der Waals surface area contributed by atoms with Crippen LogP contribution in [0.5, 0.6) is 0 Å². The molecule has 5 heteroatoms. The summed E-state index contributed by atoms with van der Waals surface area (Å²) in [4.78, 5) is 20.4. The molecule has 288 valence electrons. The first-order valence-electron chi connectivity index (χ1n) is 21.4. The summed E-state index contributed by atoms with van der Waals surface area (Å²) in [6.45, 7) is 9.09. The summed E-state index contributed by atoms with van der Waals surface area (Å²) in [5.41, 5.74) is 0. The summed E-state index contributed by atoms with van der Waals surface area (Å²) in [5, 5.41) is 20.4. The van der Waals surface area contributed by atoms with Crippen molar-refractivity contribution in [2.45, 2.75) is 242 Å². The molecule has 0 rings (SSSR count). The quantitative estimate of drug-likeness (QED) is 0.0359.